The van der Waals surface area contributed by atoms with Gasteiger partial charge in [0.1, 0.15) is 10.1 Å². The second-order valence-corrected chi connectivity index (χ2v) is 6.95. The molecule has 1 aliphatic rings. The van der Waals surface area contributed by atoms with Gasteiger partial charge in [0.2, 0.25) is 5.91 Å². The van der Waals surface area contributed by atoms with E-state index >= 15 is 0 Å². The molecule has 2 aromatic rings. The Balaban J connectivity index is 1.46. The Morgan fingerprint density at radius 3 is 3.12 bits per heavy atom. The molecule has 9 heteroatoms. The van der Waals surface area contributed by atoms with Crippen LogP contribution in [0.3, 0.4) is 0 Å². The first-order chi connectivity index (χ1) is 12.1. The molecule has 2 N–H and O–H groups in total. The molecular weight excluding hydrogens is 360 g/mol. The number of thioether (sulfide) groups is 1. The predicted molar refractivity (Wildman–Crippen MR) is 98.5 cm³/mol. The van der Waals surface area contributed by atoms with Crippen molar-refractivity contribution >= 4 is 46.2 Å². The quantitative estimate of drug-likeness (QED) is 0.567. The van der Waals surface area contributed by atoms with Crippen molar-refractivity contribution in [3.05, 3.63) is 47.3 Å². The van der Waals surface area contributed by atoms with Gasteiger partial charge in [-0.2, -0.15) is 0 Å². The summed E-state index contributed by atoms with van der Waals surface area (Å²) in [7, 11) is 0. The fourth-order valence-electron chi connectivity index (χ4n) is 2.26. The summed E-state index contributed by atoms with van der Waals surface area (Å²) in [6.45, 7) is 0.772. The Morgan fingerprint density at radius 1 is 1.52 bits per heavy atom. The van der Waals surface area contributed by atoms with E-state index in [1.165, 1.54) is 16.7 Å². The van der Waals surface area contributed by atoms with Gasteiger partial charge in [0, 0.05) is 43.9 Å². The van der Waals surface area contributed by atoms with Crippen LogP contribution in [0.2, 0.25) is 0 Å². The zero-order valence-electron chi connectivity index (χ0n) is 13.2. The Labute approximate surface area is 153 Å². The molecule has 1 fully saturated rings. The van der Waals surface area contributed by atoms with Gasteiger partial charge in [-0.15, -0.1) is 0 Å². The number of amides is 2. The van der Waals surface area contributed by atoms with E-state index in [0.717, 1.165) is 5.69 Å². The molecule has 0 saturated carbocycles. The normalized spacial score (nSPS) is 16.0. The van der Waals surface area contributed by atoms with E-state index in [0.29, 0.717) is 28.0 Å². The summed E-state index contributed by atoms with van der Waals surface area (Å²) in [5, 5.41) is 2.82. The number of imidazole rings is 1. The van der Waals surface area contributed by atoms with Crippen molar-refractivity contribution in [2.75, 3.05) is 13.1 Å². The van der Waals surface area contributed by atoms with Gasteiger partial charge in [-0.25, -0.2) is 4.98 Å². The van der Waals surface area contributed by atoms with Crippen LogP contribution in [-0.2, 0) is 16.0 Å². The largest absolute Gasteiger partial charge is 0.465 e. The van der Waals surface area contributed by atoms with Crippen molar-refractivity contribution in [3.63, 3.8) is 0 Å². The fraction of sp³-hybridized carbons (Fsp3) is 0.250. The van der Waals surface area contributed by atoms with Crippen molar-refractivity contribution in [2.45, 2.75) is 12.8 Å². The smallest absolute Gasteiger partial charge is 0.266 e. The third-order valence-electron chi connectivity index (χ3n) is 3.52. The van der Waals surface area contributed by atoms with Gasteiger partial charge in [-0.3, -0.25) is 14.5 Å². The molecule has 0 radical (unpaired) electrons. The zero-order chi connectivity index (χ0) is 17.6. The molecule has 3 rings (SSSR count). The van der Waals surface area contributed by atoms with Crippen molar-refractivity contribution in [1.29, 1.82) is 0 Å². The predicted octanol–water partition coefficient (Wildman–Crippen LogP) is 1.95. The molecule has 7 nitrogen and oxygen atoms in total. The Hall–Kier alpha value is -2.39. The number of nitrogens with one attached hydrogen (secondary N) is 2. The molecule has 25 heavy (non-hydrogen) atoms. The molecule has 0 bridgehead atoms. The molecule has 0 atom stereocenters. The molecule has 0 spiro atoms. The maximum atomic E-state index is 12.4. The average molecular weight is 376 g/mol. The van der Waals surface area contributed by atoms with E-state index < -0.39 is 0 Å². The van der Waals surface area contributed by atoms with Crippen molar-refractivity contribution < 1.29 is 14.0 Å². The Bertz CT molecular complexity index is 784. The number of aromatic nitrogens is 2. The average Bonchev–Trinajstić information content (AvgIpc) is 3.31. The van der Waals surface area contributed by atoms with Crippen LogP contribution in [0.15, 0.2) is 40.2 Å². The van der Waals surface area contributed by atoms with E-state index in [4.69, 9.17) is 16.6 Å². The molecule has 2 amide bonds. The highest BCUT2D eigenvalue weighted by atomic mass is 32.2. The lowest BCUT2D eigenvalue weighted by molar-refractivity contribution is -0.123. The minimum atomic E-state index is -0.198. The lowest BCUT2D eigenvalue weighted by atomic mass is 10.3. The lowest BCUT2D eigenvalue weighted by Gasteiger charge is -2.14. The van der Waals surface area contributed by atoms with Crippen LogP contribution >= 0.6 is 24.0 Å². The molecule has 2 aromatic heterocycles. The number of aromatic amines is 1. The number of H-pyrrole nitrogens is 1. The highest BCUT2D eigenvalue weighted by molar-refractivity contribution is 8.26. The fourth-order valence-corrected chi connectivity index (χ4v) is 3.54. The number of thiocarbonyl (C=S) groups is 1. The highest BCUT2D eigenvalue weighted by Crippen LogP contribution is 2.32. The monoisotopic (exact) mass is 376 g/mol. The number of hydrogen-bond donors (Lipinski definition) is 2. The van der Waals surface area contributed by atoms with Crippen LogP contribution < -0.4 is 5.32 Å². The first-order valence-electron chi connectivity index (χ1n) is 7.66. The van der Waals surface area contributed by atoms with E-state index in [-0.39, 0.29) is 24.8 Å². The molecule has 0 aliphatic carbocycles. The molecule has 0 unspecified atom stereocenters. The summed E-state index contributed by atoms with van der Waals surface area (Å²) >= 11 is 6.45. The summed E-state index contributed by atoms with van der Waals surface area (Å²) in [6.07, 6.45) is 7.40. The maximum absolute atomic E-state index is 12.4. The molecule has 1 aliphatic heterocycles. The SMILES string of the molecule is O=C(CCN1C(=O)C(=Cc2ccco2)SC1=S)NCCc1cnc[nH]1. The summed E-state index contributed by atoms with van der Waals surface area (Å²) in [6, 6.07) is 3.51. The minimum Gasteiger partial charge on any atom is -0.465 e. The molecule has 1 saturated heterocycles. The number of nitrogens with zero attached hydrogens (tertiary/aromatic N) is 2. The van der Waals surface area contributed by atoms with E-state index in [9.17, 15) is 9.59 Å². The van der Waals surface area contributed by atoms with Crippen LogP contribution in [0.25, 0.3) is 6.08 Å². The molecule has 3 heterocycles. The van der Waals surface area contributed by atoms with Crippen LogP contribution in [-0.4, -0.2) is 44.1 Å². The van der Waals surface area contributed by atoms with Crippen molar-refractivity contribution in [1.82, 2.24) is 20.2 Å². The number of carbonyl (C=O) groups is 2. The maximum Gasteiger partial charge on any atom is 0.266 e. The number of carbonyl (C=O) groups excluding carboxylic acids is 2. The topological polar surface area (TPSA) is 91.2 Å². The molecule has 130 valence electrons. The summed E-state index contributed by atoms with van der Waals surface area (Å²) in [4.78, 5) is 33.2. The standard InChI is InChI=1S/C16H16N4O3S2/c21-14(18-5-3-11-9-17-10-19-11)4-6-20-15(22)13(25-16(20)24)8-12-2-1-7-23-12/h1-2,7-10H,3-6H2,(H,17,19)(H,18,21). The van der Waals surface area contributed by atoms with Crippen LogP contribution in [0.5, 0.6) is 0 Å². The van der Waals surface area contributed by atoms with Crippen LogP contribution in [0.4, 0.5) is 0 Å². The summed E-state index contributed by atoms with van der Waals surface area (Å²) < 4.78 is 5.66. The van der Waals surface area contributed by atoms with Gasteiger partial charge in [0.25, 0.3) is 5.91 Å². The third kappa shape index (κ3) is 4.58. The summed E-state index contributed by atoms with van der Waals surface area (Å²) in [5.74, 6) is 0.275. The molecule has 0 aromatic carbocycles. The molecular formula is C16H16N4O3S2. The van der Waals surface area contributed by atoms with Crippen LogP contribution in [0.1, 0.15) is 17.9 Å². The van der Waals surface area contributed by atoms with E-state index in [2.05, 4.69) is 15.3 Å². The Morgan fingerprint density at radius 2 is 2.40 bits per heavy atom. The second kappa shape index (κ2) is 8.13. The minimum absolute atomic E-state index is 0.122. The summed E-state index contributed by atoms with van der Waals surface area (Å²) in [5.41, 5.74) is 0.959. The van der Waals surface area contributed by atoms with Crippen molar-refractivity contribution in [2.24, 2.45) is 0 Å². The van der Waals surface area contributed by atoms with Gasteiger partial charge >= 0.3 is 0 Å². The van der Waals surface area contributed by atoms with Gasteiger partial charge in [0.05, 0.1) is 17.5 Å². The highest BCUT2D eigenvalue weighted by Gasteiger charge is 2.32. The van der Waals surface area contributed by atoms with Crippen molar-refractivity contribution in [3.8, 4) is 0 Å². The van der Waals surface area contributed by atoms with Gasteiger partial charge in [-0.1, -0.05) is 24.0 Å². The van der Waals surface area contributed by atoms with Gasteiger partial charge in [0.15, 0.2) is 0 Å². The second-order valence-electron chi connectivity index (χ2n) is 5.28. The number of furan rings is 1. The third-order valence-corrected chi connectivity index (χ3v) is 4.90. The lowest BCUT2D eigenvalue weighted by Crippen LogP contribution is -2.34. The van der Waals surface area contributed by atoms with Gasteiger partial charge in [-0.05, 0) is 12.1 Å². The van der Waals surface area contributed by atoms with Gasteiger partial charge < -0.3 is 14.7 Å². The van der Waals surface area contributed by atoms with E-state index in [1.807, 2.05) is 0 Å². The first-order valence-corrected chi connectivity index (χ1v) is 8.89. The number of hydrogen-bond acceptors (Lipinski definition) is 6. The zero-order valence-corrected chi connectivity index (χ0v) is 14.9. The Kier molecular flexibility index (Phi) is 5.67. The first kappa shape index (κ1) is 17.4. The van der Waals surface area contributed by atoms with Crippen LogP contribution in [0, 0.1) is 0 Å². The number of rotatable bonds is 7. The van der Waals surface area contributed by atoms with E-state index in [1.54, 1.807) is 37.0 Å².